The summed E-state index contributed by atoms with van der Waals surface area (Å²) >= 11 is 0. The van der Waals surface area contributed by atoms with Crippen molar-refractivity contribution >= 4 is 22.8 Å². The van der Waals surface area contributed by atoms with Crippen molar-refractivity contribution in [1.82, 2.24) is 14.9 Å². The Morgan fingerprint density at radius 3 is 2.76 bits per heavy atom. The van der Waals surface area contributed by atoms with E-state index < -0.39 is 0 Å². The van der Waals surface area contributed by atoms with Crippen LogP contribution in [0.1, 0.15) is 25.7 Å². The molecule has 0 aliphatic carbocycles. The molecule has 1 N–H and O–H groups in total. The van der Waals surface area contributed by atoms with Crippen LogP contribution in [0, 0.1) is 0 Å². The Kier molecular flexibility index (Phi) is 5.48. The zero-order chi connectivity index (χ0) is 17.6. The Balaban J connectivity index is 1.94. The van der Waals surface area contributed by atoms with Gasteiger partial charge in [0.2, 0.25) is 5.91 Å². The molecular formula is C19H24N4O2. The lowest BCUT2D eigenvalue weighted by Crippen LogP contribution is -2.37. The number of aromatic nitrogens is 2. The van der Waals surface area contributed by atoms with Crippen molar-refractivity contribution in [1.29, 1.82) is 0 Å². The minimum absolute atomic E-state index is 0.0905. The maximum absolute atomic E-state index is 13.0. The molecule has 6 nitrogen and oxygen atoms in total. The summed E-state index contributed by atoms with van der Waals surface area (Å²) in [6.45, 7) is 6.08. The highest BCUT2D eigenvalue weighted by molar-refractivity contribution is 5.78. The van der Waals surface area contributed by atoms with Crippen LogP contribution in [0.15, 0.2) is 41.7 Å². The van der Waals surface area contributed by atoms with Crippen LogP contribution in [-0.4, -0.2) is 35.1 Å². The van der Waals surface area contributed by atoms with Gasteiger partial charge in [0, 0.05) is 32.6 Å². The Morgan fingerprint density at radius 1 is 1.24 bits per heavy atom. The lowest BCUT2D eigenvalue weighted by atomic mass is 10.1. The molecule has 2 aromatic rings. The highest BCUT2D eigenvalue weighted by Crippen LogP contribution is 2.18. The van der Waals surface area contributed by atoms with Gasteiger partial charge in [-0.3, -0.25) is 9.59 Å². The number of carbonyl (C=O) groups is 1. The molecule has 3 rings (SSSR count). The summed E-state index contributed by atoms with van der Waals surface area (Å²) < 4.78 is 1.68. The lowest BCUT2D eigenvalue weighted by Gasteiger charge is -2.27. The van der Waals surface area contributed by atoms with Gasteiger partial charge in [0.25, 0.3) is 5.56 Å². The number of anilines is 1. The maximum atomic E-state index is 13.0. The number of nitrogens with zero attached hydrogens (tertiary/aromatic N) is 3. The van der Waals surface area contributed by atoms with E-state index in [-0.39, 0.29) is 17.9 Å². The Hall–Kier alpha value is -2.63. The molecule has 2 heterocycles. The van der Waals surface area contributed by atoms with Gasteiger partial charge in [-0.2, -0.15) is 0 Å². The molecule has 1 aromatic heterocycles. The molecule has 0 atom stereocenters. The van der Waals surface area contributed by atoms with E-state index in [1.54, 1.807) is 10.6 Å². The second kappa shape index (κ2) is 7.96. The minimum atomic E-state index is -0.114. The average molecular weight is 340 g/mol. The number of rotatable bonds is 6. The van der Waals surface area contributed by atoms with Crippen molar-refractivity contribution in [3.8, 4) is 0 Å². The third-order valence-electron chi connectivity index (χ3n) is 4.50. The first kappa shape index (κ1) is 17.2. The summed E-state index contributed by atoms with van der Waals surface area (Å²) in [5, 5.41) is 2.75. The Morgan fingerprint density at radius 2 is 2.00 bits per heavy atom. The number of aryl methyl sites for hydroxylation is 1. The van der Waals surface area contributed by atoms with E-state index >= 15 is 0 Å². The zero-order valence-corrected chi connectivity index (χ0v) is 14.4. The van der Waals surface area contributed by atoms with E-state index in [1.165, 1.54) is 6.42 Å². The number of amides is 1. The van der Waals surface area contributed by atoms with E-state index in [4.69, 9.17) is 0 Å². The van der Waals surface area contributed by atoms with Crippen LogP contribution >= 0.6 is 0 Å². The average Bonchev–Trinajstić information content (AvgIpc) is 2.66. The molecule has 0 spiro atoms. The lowest BCUT2D eigenvalue weighted by molar-refractivity contribution is -0.121. The van der Waals surface area contributed by atoms with Gasteiger partial charge < -0.3 is 14.8 Å². The standard InChI is InChI=1S/C19H24N4O2/c1-2-11-20-17(24)10-14-23-16-9-5-4-8-15(16)21-18(19(23)25)22-12-6-3-7-13-22/h2,4-5,8-9H,1,3,6-7,10-14H2,(H,20,24). The molecule has 1 aromatic carbocycles. The van der Waals surface area contributed by atoms with Crippen LogP contribution in [0.25, 0.3) is 11.0 Å². The summed E-state index contributed by atoms with van der Waals surface area (Å²) in [4.78, 5) is 31.6. The highest BCUT2D eigenvalue weighted by atomic mass is 16.2. The molecule has 1 aliphatic heterocycles. The molecule has 1 amide bonds. The normalized spacial score (nSPS) is 14.5. The Labute approximate surface area is 147 Å². The smallest absolute Gasteiger partial charge is 0.294 e. The summed E-state index contributed by atoms with van der Waals surface area (Å²) in [5.74, 6) is 0.414. The maximum Gasteiger partial charge on any atom is 0.294 e. The number of benzene rings is 1. The van der Waals surface area contributed by atoms with Crippen LogP contribution in [-0.2, 0) is 11.3 Å². The van der Waals surface area contributed by atoms with Gasteiger partial charge >= 0.3 is 0 Å². The first-order chi connectivity index (χ1) is 12.2. The molecular weight excluding hydrogens is 316 g/mol. The SMILES string of the molecule is C=CCNC(=O)CCn1c(=O)c(N2CCCCC2)nc2ccccc21. The van der Waals surface area contributed by atoms with Crippen LogP contribution < -0.4 is 15.8 Å². The summed E-state index contributed by atoms with van der Waals surface area (Å²) in [6, 6.07) is 7.60. The molecule has 1 fully saturated rings. The molecule has 25 heavy (non-hydrogen) atoms. The fraction of sp³-hybridized carbons (Fsp3) is 0.421. The van der Waals surface area contributed by atoms with E-state index in [0.717, 1.165) is 37.0 Å². The summed E-state index contributed by atoms with van der Waals surface area (Å²) in [5.41, 5.74) is 1.44. The van der Waals surface area contributed by atoms with Crippen LogP contribution in [0.3, 0.4) is 0 Å². The molecule has 0 radical (unpaired) electrons. The third kappa shape index (κ3) is 3.90. The zero-order valence-electron chi connectivity index (χ0n) is 14.4. The first-order valence-electron chi connectivity index (χ1n) is 8.83. The van der Waals surface area contributed by atoms with Crippen LogP contribution in [0.5, 0.6) is 0 Å². The second-order valence-electron chi connectivity index (χ2n) is 6.27. The molecule has 0 unspecified atom stereocenters. The number of para-hydroxylation sites is 2. The van der Waals surface area contributed by atoms with Gasteiger partial charge in [-0.05, 0) is 31.4 Å². The van der Waals surface area contributed by atoms with Crippen molar-refractivity contribution in [3.05, 3.63) is 47.3 Å². The molecule has 0 saturated carbocycles. The fourth-order valence-electron chi connectivity index (χ4n) is 3.20. The number of piperidine rings is 1. The summed E-state index contributed by atoms with van der Waals surface area (Å²) in [7, 11) is 0. The quantitative estimate of drug-likeness (QED) is 0.818. The molecule has 6 heteroatoms. The van der Waals surface area contributed by atoms with Gasteiger partial charge in [-0.25, -0.2) is 4.98 Å². The third-order valence-corrected chi connectivity index (χ3v) is 4.50. The monoisotopic (exact) mass is 340 g/mol. The van der Waals surface area contributed by atoms with E-state index in [9.17, 15) is 9.59 Å². The molecule has 0 bridgehead atoms. The van der Waals surface area contributed by atoms with Gasteiger partial charge in [-0.1, -0.05) is 18.2 Å². The predicted octanol–water partition coefficient (Wildman–Crippen LogP) is 2.08. The van der Waals surface area contributed by atoms with Gasteiger partial charge in [0.05, 0.1) is 11.0 Å². The van der Waals surface area contributed by atoms with Crippen molar-refractivity contribution in [3.63, 3.8) is 0 Å². The van der Waals surface area contributed by atoms with Crippen molar-refractivity contribution < 1.29 is 4.79 Å². The van der Waals surface area contributed by atoms with Gasteiger partial charge in [-0.15, -0.1) is 6.58 Å². The largest absolute Gasteiger partial charge is 0.353 e. The van der Waals surface area contributed by atoms with Crippen molar-refractivity contribution in [2.24, 2.45) is 0 Å². The number of carbonyl (C=O) groups excluding carboxylic acids is 1. The van der Waals surface area contributed by atoms with Crippen molar-refractivity contribution in [2.75, 3.05) is 24.5 Å². The van der Waals surface area contributed by atoms with Crippen LogP contribution in [0.2, 0.25) is 0 Å². The number of nitrogens with one attached hydrogen (secondary N) is 1. The first-order valence-corrected chi connectivity index (χ1v) is 8.83. The topological polar surface area (TPSA) is 67.2 Å². The number of hydrogen-bond donors (Lipinski definition) is 1. The van der Waals surface area contributed by atoms with E-state index in [2.05, 4.69) is 21.8 Å². The fourth-order valence-corrected chi connectivity index (χ4v) is 3.20. The highest BCUT2D eigenvalue weighted by Gasteiger charge is 2.19. The minimum Gasteiger partial charge on any atom is -0.353 e. The second-order valence-corrected chi connectivity index (χ2v) is 6.27. The van der Waals surface area contributed by atoms with Gasteiger partial charge in [0.1, 0.15) is 0 Å². The predicted molar refractivity (Wildman–Crippen MR) is 99.9 cm³/mol. The van der Waals surface area contributed by atoms with Crippen molar-refractivity contribution in [2.45, 2.75) is 32.2 Å². The molecule has 132 valence electrons. The summed E-state index contributed by atoms with van der Waals surface area (Å²) in [6.07, 6.45) is 5.25. The Bertz CT molecular complexity index is 822. The molecule has 1 saturated heterocycles. The molecule has 1 aliphatic rings. The van der Waals surface area contributed by atoms with Gasteiger partial charge in [0.15, 0.2) is 5.82 Å². The number of hydrogen-bond acceptors (Lipinski definition) is 4. The van der Waals surface area contributed by atoms with E-state index in [1.807, 2.05) is 24.3 Å². The van der Waals surface area contributed by atoms with E-state index in [0.29, 0.717) is 18.9 Å². The number of fused-ring (bicyclic) bond motifs is 1. The van der Waals surface area contributed by atoms with Crippen LogP contribution in [0.4, 0.5) is 5.82 Å².